The van der Waals surface area contributed by atoms with Crippen molar-refractivity contribution in [3.05, 3.63) is 60.4 Å². The summed E-state index contributed by atoms with van der Waals surface area (Å²) >= 11 is 0. The van der Waals surface area contributed by atoms with E-state index in [2.05, 4.69) is 42.5 Å². The largest absolute Gasteiger partial charge is 0.298 e. The van der Waals surface area contributed by atoms with Gasteiger partial charge in [-0.2, -0.15) is 0 Å². The van der Waals surface area contributed by atoms with E-state index in [1.54, 1.807) is 0 Å². The zero-order chi connectivity index (χ0) is 14.1. The molecule has 4 heterocycles. The highest BCUT2D eigenvalue weighted by Crippen LogP contribution is 2.28. The van der Waals surface area contributed by atoms with Gasteiger partial charge < -0.3 is 0 Å². The fraction of sp³-hybridized carbons (Fsp3) is 0.312. The molecule has 5 nitrogen and oxygen atoms in total. The highest BCUT2D eigenvalue weighted by molar-refractivity contribution is 5.31. The van der Waals surface area contributed by atoms with E-state index in [-0.39, 0.29) is 0 Å². The van der Waals surface area contributed by atoms with Crippen LogP contribution in [0.1, 0.15) is 23.6 Å². The summed E-state index contributed by atoms with van der Waals surface area (Å²) in [5.41, 5.74) is 2.64. The summed E-state index contributed by atoms with van der Waals surface area (Å²) in [7, 11) is 0. The van der Waals surface area contributed by atoms with Crippen LogP contribution in [-0.4, -0.2) is 37.3 Å². The van der Waals surface area contributed by atoms with Gasteiger partial charge in [-0.1, -0.05) is 0 Å². The summed E-state index contributed by atoms with van der Waals surface area (Å²) in [6, 6.07) is 6.30. The zero-order valence-electron chi connectivity index (χ0n) is 11.8. The number of fused-ring (bicyclic) bond motifs is 1. The van der Waals surface area contributed by atoms with Crippen LogP contribution in [0.4, 0.5) is 0 Å². The second-order valence-electron chi connectivity index (χ2n) is 5.54. The molecule has 0 aromatic carbocycles. The average Bonchev–Trinajstić information content (AvgIpc) is 3.16. The van der Waals surface area contributed by atoms with Gasteiger partial charge >= 0.3 is 0 Å². The molecule has 1 saturated heterocycles. The lowest BCUT2D eigenvalue weighted by Crippen LogP contribution is -2.20. The molecule has 1 atom stereocenters. The maximum atomic E-state index is 4.29. The van der Waals surface area contributed by atoms with Crippen LogP contribution in [0.15, 0.2) is 49.2 Å². The van der Waals surface area contributed by atoms with E-state index in [1.807, 2.05) is 31.0 Å². The molecule has 3 aromatic rings. The van der Waals surface area contributed by atoms with E-state index in [0.717, 1.165) is 25.4 Å². The fourth-order valence-corrected chi connectivity index (χ4v) is 3.15. The third-order valence-electron chi connectivity index (χ3n) is 4.18. The van der Waals surface area contributed by atoms with Crippen LogP contribution in [0.3, 0.4) is 0 Å². The topological polar surface area (TPSA) is 46.3 Å². The van der Waals surface area contributed by atoms with E-state index in [0.29, 0.717) is 5.92 Å². The molecule has 21 heavy (non-hydrogen) atoms. The number of likely N-dealkylation sites (tertiary alicyclic amines) is 1. The van der Waals surface area contributed by atoms with Crippen LogP contribution in [0.5, 0.6) is 0 Å². The number of pyridine rings is 1. The van der Waals surface area contributed by atoms with Crippen molar-refractivity contribution in [3.63, 3.8) is 0 Å². The Balaban J connectivity index is 1.52. The van der Waals surface area contributed by atoms with Crippen LogP contribution in [-0.2, 0) is 6.54 Å². The Morgan fingerprint density at radius 2 is 1.90 bits per heavy atom. The predicted molar refractivity (Wildman–Crippen MR) is 79.9 cm³/mol. The monoisotopic (exact) mass is 279 g/mol. The Labute approximate surface area is 123 Å². The second kappa shape index (κ2) is 5.26. The van der Waals surface area contributed by atoms with Gasteiger partial charge in [0.15, 0.2) is 0 Å². The van der Waals surface area contributed by atoms with Crippen molar-refractivity contribution in [2.24, 2.45) is 0 Å². The summed E-state index contributed by atoms with van der Waals surface area (Å²) in [6.07, 6.45) is 10.6. The SMILES string of the molecule is c1cc(CN2CCC(c3ccnc4nccn34)C2)ccn1. The smallest absolute Gasteiger partial charge is 0.233 e. The van der Waals surface area contributed by atoms with E-state index in [9.17, 15) is 0 Å². The normalized spacial score (nSPS) is 19.3. The molecule has 0 radical (unpaired) electrons. The molecule has 5 heteroatoms. The van der Waals surface area contributed by atoms with E-state index < -0.39 is 0 Å². The zero-order valence-corrected chi connectivity index (χ0v) is 11.8. The summed E-state index contributed by atoms with van der Waals surface area (Å²) in [5.74, 6) is 1.34. The second-order valence-corrected chi connectivity index (χ2v) is 5.54. The third-order valence-corrected chi connectivity index (χ3v) is 4.18. The summed E-state index contributed by atoms with van der Waals surface area (Å²) < 4.78 is 2.11. The Morgan fingerprint density at radius 1 is 1.05 bits per heavy atom. The van der Waals surface area contributed by atoms with Gasteiger partial charge in [-0.15, -0.1) is 0 Å². The Kier molecular flexibility index (Phi) is 3.12. The molecule has 1 aliphatic heterocycles. The van der Waals surface area contributed by atoms with E-state index >= 15 is 0 Å². The molecule has 1 unspecified atom stereocenters. The quantitative estimate of drug-likeness (QED) is 0.736. The Hall–Kier alpha value is -2.27. The molecule has 106 valence electrons. The first-order valence-electron chi connectivity index (χ1n) is 7.29. The number of rotatable bonds is 3. The Morgan fingerprint density at radius 3 is 2.81 bits per heavy atom. The molecule has 0 saturated carbocycles. The fourth-order valence-electron chi connectivity index (χ4n) is 3.15. The van der Waals surface area contributed by atoms with Crippen LogP contribution in [0, 0.1) is 0 Å². The summed E-state index contributed by atoms with van der Waals surface area (Å²) in [4.78, 5) is 15.1. The lowest BCUT2D eigenvalue weighted by molar-refractivity contribution is 0.326. The molecule has 4 rings (SSSR count). The van der Waals surface area contributed by atoms with Gasteiger partial charge in [-0.25, -0.2) is 9.97 Å². The minimum Gasteiger partial charge on any atom is -0.298 e. The third kappa shape index (κ3) is 2.40. The van der Waals surface area contributed by atoms with Crippen LogP contribution < -0.4 is 0 Å². The van der Waals surface area contributed by atoms with E-state index in [1.165, 1.54) is 17.7 Å². The molecular formula is C16H17N5. The molecule has 0 amide bonds. The molecule has 0 bridgehead atoms. The van der Waals surface area contributed by atoms with Crippen molar-refractivity contribution >= 4 is 5.78 Å². The maximum absolute atomic E-state index is 4.29. The van der Waals surface area contributed by atoms with Gasteiger partial charge in [-0.3, -0.25) is 14.3 Å². The van der Waals surface area contributed by atoms with Crippen LogP contribution in [0.2, 0.25) is 0 Å². The minimum atomic E-state index is 0.548. The highest BCUT2D eigenvalue weighted by atomic mass is 15.2. The standard InChI is InChI=1S/C16H17N5/c1-5-17-6-2-13(1)11-20-9-4-14(12-20)15-3-7-18-16-19-8-10-21(15)16/h1-3,5-8,10,14H,4,9,11-12H2. The molecular weight excluding hydrogens is 262 g/mol. The van der Waals surface area contributed by atoms with Gasteiger partial charge in [0, 0.05) is 55.7 Å². The maximum Gasteiger partial charge on any atom is 0.233 e. The van der Waals surface area contributed by atoms with Crippen LogP contribution >= 0.6 is 0 Å². The molecule has 0 aliphatic carbocycles. The molecule has 0 N–H and O–H groups in total. The molecule has 1 fully saturated rings. The van der Waals surface area contributed by atoms with Crippen molar-refractivity contribution < 1.29 is 0 Å². The molecule has 3 aromatic heterocycles. The van der Waals surface area contributed by atoms with Crippen molar-refractivity contribution in [2.75, 3.05) is 13.1 Å². The van der Waals surface area contributed by atoms with Gasteiger partial charge in [0.1, 0.15) is 0 Å². The van der Waals surface area contributed by atoms with Crippen molar-refractivity contribution in [3.8, 4) is 0 Å². The number of nitrogens with zero attached hydrogens (tertiary/aromatic N) is 5. The first-order valence-corrected chi connectivity index (χ1v) is 7.29. The van der Waals surface area contributed by atoms with Gasteiger partial charge in [-0.05, 0) is 36.7 Å². The van der Waals surface area contributed by atoms with Gasteiger partial charge in [0.25, 0.3) is 0 Å². The lowest BCUT2D eigenvalue weighted by Gasteiger charge is -2.16. The van der Waals surface area contributed by atoms with E-state index in [4.69, 9.17) is 0 Å². The summed E-state index contributed by atoms with van der Waals surface area (Å²) in [6.45, 7) is 3.21. The predicted octanol–water partition coefficient (Wildman–Crippen LogP) is 2.11. The van der Waals surface area contributed by atoms with Crippen molar-refractivity contribution in [1.29, 1.82) is 0 Å². The number of hydrogen-bond donors (Lipinski definition) is 0. The highest BCUT2D eigenvalue weighted by Gasteiger charge is 2.25. The molecule has 0 spiro atoms. The Bertz CT molecular complexity index is 737. The number of aromatic nitrogens is 4. The number of hydrogen-bond acceptors (Lipinski definition) is 4. The lowest BCUT2D eigenvalue weighted by atomic mass is 10.0. The number of imidazole rings is 1. The average molecular weight is 279 g/mol. The van der Waals surface area contributed by atoms with Crippen LogP contribution in [0.25, 0.3) is 5.78 Å². The van der Waals surface area contributed by atoms with Gasteiger partial charge in [0.05, 0.1) is 0 Å². The first-order chi connectivity index (χ1) is 10.4. The van der Waals surface area contributed by atoms with Crippen molar-refractivity contribution in [1.82, 2.24) is 24.3 Å². The minimum absolute atomic E-state index is 0.548. The van der Waals surface area contributed by atoms with Crippen molar-refractivity contribution in [2.45, 2.75) is 18.9 Å². The van der Waals surface area contributed by atoms with Gasteiger partial charge in [0.2, 0.25) is 5.78 Å². The molecule has 1 aliphatic rings. The summed E-state index contributed by atoms with van der Waals surface area (Å²) in [5, 5.41) is 0. The first kappa shape index (κ1) is 12.5.